The van der Waals surface area contributed by atoms with E-state index < -0.39 is 0 Å². The highest BCUT2D eigenvalue weighted by Gasteiger charge is 2.19. The molecule has 1 aliphatic heterocycles. The first-order valence-electron chi connectivity index (χ1n) is 5.86. The second-order valence-electron chi connectivity index (χ2n) is 4.39. The summed E-state index contributed by atoms with van der Waals surface area (Å²) in [5, 5.41) is 4.33. The lowest BCUT2D eigenvalue weighted by atomic mass is 10.0. The SMILES string of the molecule is CC1NCCc2sc(-c3ccccc3Cl)cc21. The van der Waals surface area contributed by atoms with Crippen LogP contribution in [0.3, 0.4) is 0 Å². The highest BCUT2D eigenvalue weighted by molar-refractivity contribution is 7.15. The van der Waals surface area contributed by atoms with Crippen LogP contribution in [-0.2, 0) is 6.42 Å². The van der Waals surface area contributed by atoms with Crippen LogP contribution in [0.2, 0.25) is 5.02 Å². The number of hydrogen-bond donors (Lipinski definition) is 1. The van der Waals surface area contributed by atoms with E-state index in [9.17, 15) is 0 Å². The van der Waals surface area contributed by atoms with Gasteiger partial charge in [0.1, 0.15) is 0 Å². The molecule has 88 valence electrons. The van der Waals surface area contributed by atoms with Gasteiger partial charge in [-0.2, -0.15) is 0 Å². The molecular weight excluding hydrogens is 250 g/mol. The molecule has 0 fully saturated rings. The highest BCUT2D eigenvalue weighted by atomic mass is 35.5. The van der Waals surface area contributed by atoms with Gasteiger partial charge in [-0.25, -0.2) is 0 Å². The summed E-state index contributed by atoms with van der Waals surface area (Å²) in [4.78, 5) is 2.79. The summed E-state index contributed by atoms with van der Waals surface area (Å²) >= 11 is 8.13. The zero-order valence-corrected chi connectivity index (χ0v) is 11.2. The Bertz CT molecular complexity index is 547. The molecule has 2 heterocycles. The molecule has 1 nitrogen and oxygen atoms in total. The van der Waals surface area contributed by atoms with E-state index in [0.717, 1.165) is 23.6 Å². The molecular formula is C14H14ClNS. The third-order valence-corrected chi connectivity index (χ3v) is 4.82. The number of thiophene rings is 1. The van der Waals surface area contributed by atoms with Crippen LogP contribution in [0.25, 0.3) is 10.4 Å². The van der Waals surface area contributed by atoms with Gasteiger partial charge in [0.15, 0.2) is 0 Å². The topological polar surface area (TPSA) is 12.0 Å². The molecule has 3 heteroatoms. The van der Waals surface area contributed by atoms with Crippen molar-refractivity contribution in [3.8, 4) is 10.4 Å². The minimum atomic E-state index is 0.464. The smallest absolute Gasteiger partial charge is 0.0492 e. The Morgan fingerprint density at radius 2 is 2.18 bits per heavy atom. The van der Waals surface area contributed by atoms with Crippen molar-refractivity contribution in [3.05, 3.63) is 45.8 Å². The molecule has 1 N–H and O–H groups in total. The van der Waals surface area contributed by atoms with Crippen molar-refractivity contribution in [2.75, 3.05) is 6.54 Å². The van der Waals surface area contributed by atoms with E-state index in [4.69, 9.17) is 11.6 Å². The van der Waals surface area contributed by atoms with Crippen molar-refractivity contribution in [3.63, 3.8) is 0 Å². The molecule has 1 atom stereocenters. The van der Waals surface area contributed by atoms with E-state index in [1.165, 1.54) is 15.3 Å². The van der Waals surface area contributed by atoms with E-state index in [1.807, 2.05) is 29.5 Å². The molecule has 17 heavy (non-hydrogen) atoms. The molecule has 1 aromatic carbocycles. The van der Waals surface area contributed by atoms with Crippen LogP contribution < -0.4 is 5.32 Å². The Morgan fingerprint density at radius 3 is 2.94 bits per heavy atom. The van der Waals surface area contributed by atoms with Gasteiger partial charge < -0.3 is 5.32 Å². The van der Waals surface area contributed by atoms with Crippen LogP contribution in [0.5, 0.6) is 0 Å². The van der Waals surface area contributed by atoms with Gasteiger partial charge in [-0.3, -0.25) is 0 Å². The van der Waals surface area contributed by atoms with Gasteiger partial charge in [0.25, 0.3) is 0 Å². The van der Waals surface area contributed by atoms with Crippen molar-refractivity contribution < 1.29 is 0 Å². The summed E-state index contributed by atoms with van der Waals surface area (Å²) in [5.41, 5.74) is 2.59. The molecule has 0 bridgehead atoms. The van der Waals surface area contributed by atoms with Gasteiger partial charge in [0.05, 0.1) is 0 Å². The van der Waals surface area contributed by atoms with E-state index in [0.29, 0.717) is 6.04 Å². The molecule has 1 aromatic heterocycles. The number of nitrogens with one attached hydrogen (secondary N) is 1. The summed E-state index contributed by atoms with van der Waals surface area (Å²) in [6.45, 7) is 3.30. The van der Waals surface area contributed by atoms with Crippen molar-refractivity contribution in [2.24, 2.45) is 0 Å². The summed E-state index contributed by atoms with van der Waals surface area (Å²) < 4.78 is 0. The normalized spacial score (nSPS) is 19.1. The molecule has 0 amide bonds. The maximum Gasteiger partial charge on any atom is 0.0492 e. The molecule has 0 aliphatic carbocycles. The van der Waals surface area contributed by atoms with Crippen molar-refractivity contribution in [1.82, 2.24) is 5.32 Å². The quantitative estimate of drug-likeness (QED) is 0.810. The fraction of sp³-hybridized carbons (Fsp3) is 0.286. The third-order valence-electron chi connectivity index (χ3n) is 3.25. The van der Waals surface area contributed by atoms with Gasteiger partial charge in [0, 0.05) is 32.9 Å². The average molecular weight is 264 g/mol. The lowest BCUT2D eigenvalue weighted by Gasteiger charge is -2.19. The largest absolute Gasteiger partial charge is 0.310 e. The lowest BCUT2D eigenvalue weighted by molar-refractivity contribution is 0.547. The predicted octanol–water partition coefficient (Wildman–Crippen LogP) is 4.28. The Labute approximate surface area is 110 Å². The van der Waals surface area contributed by atoms with Crippen LogP contribution in [0.15, 0.2) is 30.3 Å². The molecule has 2 aromatic rings. The first-order chi connectivity index (χ1) is 8.25. The first kappa shape index (κ1) is 11.3. The molecule has 0 saturated heterocycles. The number of rotatable bonds is 1. The number of fused-ring (bicyclic) bond motifs is 1. The van der Waals surface area contributed by atoms with Crippen LogP contribution in [-0.4, -0.2) is 6.54 Å². The van der Waals surface area contributed by atoms with Crippen molar-refractivity contribution in [2.45, 2.75) is 19.4 Å². The van der Waals surface area contributed by atoms with Crippen LogP contribution >= 0.6 is 22.9 Å². The van der Waals surface area contributed by atoms with E-state index in [-0.39, 0.29) is 0 Å². The summed E-state index contributed by atoms with van der Waals surface area (Å²) in [6.07, 6.45) is 1.13. The zero-order chi connectivity index (χ0) is 11.8. The van der Waals surface area contributed by atoms with Gasteiger partial charge >= 0.3 is 0 Å². The van der Waals surface area contributed by atoms with E-state index in [2.05, 4.69) is 24.4 Å². The summed E-state index contributed by atoms with van der Waals surface area (Å²) in [5.74, 6) is 0. The fourth-order valence-electron chi connectivity index (χ4n) is 2.31. The molecule has 1 aliphatic rings. The van der Waals surface area contributed by atoms with Crippen molar-refractivity contribution >= 4 is 22.9 Å². The molecule has 0 radical (unpaired) electrons. The summed E-state index contributed by atoms with van der Waals surface area (Å²) in [6, 6.07) is 10.8. The van der Waals surface area contributed by atoms with Gasteiger partial charge in [-0.05, 0) is 31.0 Å². The second-order valence-corrected chi connectivity index (χ2v) is 5.94. The van der Waals surface area contributed by atoms with Gasteiger partial charge in [0.2, 0.25) is 0 Å². The van der Waals surface area contributed by atoms with Crippen LogP contribution in [0.1, 0.15) is 23.4 Å². The minimum Gasteiger partial charge on any atom is -0.310 e. The van der Waals surface area contributed by atoms with Crippen LogP contribution in [0.4, 0.5) is 0 Å². The second kappa shape index (κ2) is 4.45. The van der Waals surface area contributed by atoms with Crippen LogP contribution in [0, 0.1) is 0 Å². The number of hydrogen-bond acceptors (Lipinski definition) is 2. The maximum atomic E-state index is 6.25. The highest BCUT2D eigenvalue weighted by Crippen LogP contribution is 2.38. The third kappa shape index (κ3) is 2.01. The monoisotopic (exact) mass is 263 g/mol. The Kier molecular flexibility index (Phi) is 2.95. The standard InChI is InChI=1S/C14H14ClNS/c1-9-11-8-14(17-13(11)6-7-16-9)10-4-2-3-5-12(10)15/h2-5,8-9,16H,6-7H2,1H3. The summed E-state index contributed by atoms with van der Waals surface area (Å²) in [7, 11) is 0. The zero-order valence-electron chi connectivity index (χ0n) is 9.66. The molecule has 0 spiro atoms. The Morgan fingerprint density at radius 1 is 1.35 bits per heavy atom. The van der Waals surface area contributed by atoms with Crippen molar-refractivity contribution in [1.29, 1.82) is 0 Å². The maximum absolute atomic E-state index is 6.25. The van der Waals surface area contributed by atoms with Gasteiger partial charge in [-0.15, -0.1) is 11.3 Å². The minimum absolute atomic E-state index is 0.464. The molecule has 3 rings (SSSR count). The fourth-order valence-corrected chi connectivity index (χ4v) is 3.90. The average Bonchev–Trinajstić information content (AvgIpc) is 2.75. The van der Waals surface area contributed by atoms with E-state index >= 15 is 0 Å². The number of halogens is 1. The van der Waals surface area contributed by atoms with Gasteiger partial charge in [-0.1, -0.05) is 29.8 Å². The molecule has 1 unspecified atom stereocenters. The molecule has 0 saturated carbocycles. The van der Waals surface area contributed by atoms with E-state index in [1.54, 1.807) is 0 Å². The lowest BCUT2D eigenvalue weighted by Crippen LogP contribution is -2.26. The Hall–Kier alpha value is -0.830. The predicted molar refractivity (Wildman–Crippen MR) is 74.9 cm³/mol. The Balaban J connectivity index is 2.08. The first-order valence-corrected chi connectivity index (χ1v) is 7.06. The number of benzene rings is 1.